The zero-order chi connectivity index (χ0) is 29.2. The molecule has 1 aliphatic rings. The average molecular weight is 583 g/mol. The molecule has 0 fully saturated rings. The fraction of sp³-hybridized carbons (Fsp3) is 0.114. The largest absolute Gasteiger partial charge is 0.343 e. The van der Waals surface area contributed by atoms with Crippen molar-refractivity contribution in [2.45, 2.75) is 30.4 Å². The first kappa shape index (κ1) is 26.8. The SMILES string of the molecule is CC1=C(C(=O)Nc2ccccc2)C(c2cn(Cc3ccccc3)c3ccccc23)n2nc(SCc3ccccc3)nc2N1. The summed E-state index contributed by atoms with van der Waals surface area (Å²) >= 11 is 1.58. The monoisotopic (exact) mass is 582 g/mol. The fourth-order valence-corrected chi connectivity index (χ4v) is 6.41. The molecule has 2 aromatic heterocycles. The van der Waals surface area contributed by atoms with Crippen molar-refractivity contribution < 1.29 is 4.79 Å². The predicted molar refractivity (Wildman–Crippen MR) is 173 cm³/mol. The van der Waals surface area contributed by atoms with E-state index in [0.717, 1.165) is 33.6 Å². The molecule has 1 amide bonds. The van der Waals surface area contributed by atoms with Crippen LogP contribution >= 0.6 is 11.8 Å². The average Bonchev–Trinajstić information content (AvgIpc) is 3.62. The molecule has 0 spiro atoms. The summed E-state index contributed by atoms with van der Waals surface area (Å²) in [7, 11) is 0. The quantitative estimate of drug-likeness (QED) is 0.182. The third kappa shape index (κ3) is 5.45. The number of thioether (sulfide) groups is 1. The smallest absolute Gasteiger partial charge is 0.255 e. The van der Waals surface area contributed by atoms with Gasteiger partial charge in [-0.05, 0) is 36.2 Å². The third-order valence-corrected chi connectivity index (χ3v) is 8.54. The second-order valence-electron chi connectivity index (χ2n) is 10.5. The highest BCUT2D eigenvalue weighted by Crippen LogP contribution is 2.40. The van der Waals surface area contributed by atoms with Gasteiger partial charge in [0.1, 0.15) is 6.04 Å². The summed E-state index contributed by atoms with van der Waals surface area (Å²) in [5.74, 6) is 1.19. The first-order chi connectivity index (χ1) is 21.1. The lowest BCUT2D eigenvalue weighted by atomic mass is 9.94. The molecule has 1 aliphatic heterocycles. The molecule has 0 aliphatic carbocycles. The van der Waals surface area contributed by atoms with Crippen molar-refractivity contribution in [3.63, 3.8) is 0 Å². The molecule has 8 heteroatoms. The zero-order valence-corrected chi connectivity index (χ0v) is 24.5. The van der Waals surface area contributed by atoms with Gasteiger partial charge in [0.05, 0.1) is 5.57 Å². The summed E-state index contributed by atoms with van der Waals surface area (Å²) in [4.78, 5) is 18.9. The van der Waals surface area contributed by atoms with Crippen LogP contribution in [-0.4, -0.2) is 25.2 Å². The first-order valence-electron chi connectivity index (χ1n) is 14.2. The molecule has 1 unspecified atom stereocenters. The van der Waals surface area contributed by atoms with E-state index >= 15 is 0 Å². The van der Waals surface area contributed by atoms with Crippen molar-refractivity contribution in [2.75, 3.05) is 10.6 Å². The number of benzene rings is 4. The number of allylic oxidation sites excluding steroid dienone is 1. The molecule has 1 atom stereocenters. The highest BCUT2D eigenvalue weighted by atomic mass is 32.2. The van der Waals surface area contributed by atoms with E-state index in [-0.39, 0.29) is 5.91 Å². The fourth-order valence-electron chi connectivity index (χ4n) is 5.62. The number of hydrogen-bond acceptors (Lipinski definition) is 5. The van der Waals surface area contributed by atoms with Crippen LogP contribution in [0.25, 0.3) is 10.9 Å². The first-order valence-corrected chi connectivity index (χ1v) is 15.2. The summed E-state index contributed by atoms with van der Waals surface area (Å²) in [5.41, 5.74) is 6.58. The van der Waals surface area contributed by atoms with Gasteiger partial charge in [-0.25, -0.2) is 4.68 Å². The van der Waals surface area contributed by atoms with Gasteiger partial charge in [0.25, 0.3) is 5.91 Å². The standard InChI is InChI=1S/C35H30N6OS/c1-24-31(33(42)37-27-17-9-4-10-18-27)32(41-34(36-24)38-35(39-41)43-23-26-15-7-3-8-16-26)29-22-40(21-25-13-5-2-6-14-25)30-20-12-11-19-28(29)30/h2-20,22,32H,21,23H2,1H3,(H,37,42)(H,36,38,39). The molecule has 0 radical (unpaired) electrons. The van der Waals surface area contributed by atoms with Crippen molar-refractivity contribution in [3.05, 3.63) is 149 Å². The number of nitrogens with zero attached hydrogens (tertiary/aromatic N) is 4. The number of nitrogens with one attached hydrogen (secondary N) is 2. The Bertz CT molecular complexity index is 1930. The lowest BCUT2D eigenvalue weighted by molar-refractivity contribution is -0.113. The maximum atomic E-state index is 14.0. The Hall–Kier alpha value is -5.08. The predicted octanol–water partition coefficient (Wildman–Crippen LogP) is 7.50. The van der Waals surface area contributed by atoms with Gasteiger partial charge < -0.3 is 15.2 Å². The number of hydrogen-bond donors (Lipinski definition) is 2. The molecule has 7 nitrogen and oxygen atoms in total. The summed E-state index contributed by atoms with van der Waals surface area (Å²) in [6, 6.07) is 38.1. The number of para-hydroxylation sites is 2. The third-order valence-electron chi connectivity index (χ3n) is 7.63. The molecule has 4 aromatic carbocycles. The second-order valence-corrected chi connectivity index (χ2v) is 11.5. The Kier molecular flexibility index (Phi) is 7.27. The molecule has 212 valence electrons. The topological polar surface area (TPSA) is 76.8 Å². The number of carbonyl (C=O) groups is 1. The minimum Gasteiger partial charge on any atom is -0.343 e. The number of aromatic nitrogens is 4. The summed E-state index contributed by atoms with van der Waals surface area (Å²) < 4.78 is 4.13. The number of carbonyl (C=O) groups excluding carboxylic acids is 1. The van der Waals surface area contributed by atoms with Crippen LogP contribution < -0.4 is 10.6 Å². The lowest BCUT2D eigenvalue weighted by Gasteiger charge is -2.28. The van der Waals surface area contributed by atoms with E-state index in [1.165, 1.54) is 11.1 Å². The highest BCUT2D eigenvalue weighted by molar-refractivity contribution is 7.98. The van der Waals surface area contributed by atoms with E-state index < -0.39 is 6.04 Å². The Balaban J connectivity index is 1.33. The molecule has 43 heavy (non-hydrogen) atoms. The van der Waals surface area contributed by atoms with Crippen LogP contribution in [0, 0.1) is 0 Å². The van der Waals surface area contributed by atoms with E-state index in [2.05, 4.69) is 76.0 Å². The van der Waals surface area contributed by atoms with E-state index in [1.54, 1.807) is 11.8 Å². The molecule has 0 saturated carbocycles. The Morgan fingerprint density at radius 3 is 2.26 bits per heavy atom. The van der Waals surface area contributed by atoms with E-state index in [0.29, 0.717) is 23.2 Å². The van der Waals surface area contributed by atoms with Gasteiger partial charge in [0, 0.05) is 46.3 Å². The van der Waals surface area contributed by atoms with Gasteiger partial charge in [0.2, 0.25) is 11.1 Å². The van der Waals surface area contributed by atoms with Crippen LogP contribution in [0.5, 0.6) is 0 Å². The molecule has 6 aromatic rings. The maximum Gasteiger partial charge on any atom is 0.255 e. The number of anilines is 2. The molecule has 0 bridgehead atoms. The van der Waals surface area contributed by atoms with Gasteiger partial charge in [-0.2, -0.15) is 4.98 Å². The van der Waals surface area contributed by atoms with Gasteiger partial charge >= 0.3 is 0 Å². The van der Waals surface area contributed by atoms with Crippen molar-refractivity contribution >= 4 is 40.2 Å². The van der Waals surface area contributed by atoms with E-state index in [4.69, 9.17) is 10.1 Å². The number of amides is 1. The minimum absolute atomic E-state index is 0.180. The van der Waals surface area contributed by atoms with Crippen LogP contribution in [0.1, 0.15) is 29.7 Å². The normalized spacial score (nSPS) is 14.4. The molecular weight excluding hydrogens is 552 g/mol. The maximum absolute atomic E-state index is 14.0. The van der Waals surface area contributed by atoms with E-state index in [9.17, 15) is 4.79 Å². The highest BCUT2D eigenvalue weighted by Gasteiger charge is 2.36. The summed E-state index contributed by atoms with van der Waals surface area (Å²) in [5, 5.41) is 13.2. The van der Waals surface area contributed by atoms with Gasteiger partial charge in [-0.3, -0.25) is 4.79 Å². The summed E-state index contributed by atoms with van der Waals surface area (Å²) in [6.07, 6.45) is 2.17. The Morgan fingerprint density at radius 2 is 1.51 bits per heavy atom. The van der Waals surface area contributed by atoms with Gasteiger partial charge in [0.15, 0.2) is 0 Å². The minimum atomic E-state index is -0.486. The van der Waals surface area contributed by atoms with E-state index in [1.807, 2.05) is 72.3 Å². The van der Waals surface area contributed by atoms with Crippen LogP contribution in [-0.2, 0) is 17.1 Å². The van der Waals surface area contributed by atoms with Crippen molar-refractivity contribution in [3.8, 4) is 0 Å². The van der Waals surface area contributed by atoms with Crippen LogP contribution in [0.15, 0.2) is 138 Å². The molecular formula is C35H30N6OS. The molecule has 2 N–H and O–H groups in total. The second kappa shape index (κ2) is 11.7. The van der Waals surface area contributed by atoms with Gasteiger partial charge in [-0.1, -0.05) is 109 Å². The summed E-state index contributed by atoms with van der Waals surface area (Å²) in [6.45, 7) is 2.65. The molecule has 0 saturated heterocycles. The molecule has 7 rings (SSSR count). The lowest BCUT2D eigenvalue weighted by Crippen LogP contribution is -2.31. The Labute approximate surface area is 254 Å². The zero-order valence-electron chi connectivity index (χ0n) is 23.6. The number of fused-ring (bicyclic) bond motifs is 2. The van der Waals surface area contributed by atoms with Crippen molar-refractivity contribution in [2.24, 2.45) is 0 Å². The van der Waals surface area contributed by atoms with Crippen molar-refractivity contribution in [1.29, 1.82) is 0 Å². The van der Waals surface area contributed by atoms with Crippen molar-refractivity contribution in [1.82, 2.24) is 19.3 Å². The Morgan fingerprint density at radius 1 is 0.860 bits per heavy atom. The van der Waals surface area contributed by atoms with Crippen LogP contribution in [0.4, 0.5) is 11.6 Å². The van der Waals surface area contributed by atoms with Crippen LogP contribution in [0.2, 0.25) is 0 Å². The van der Waals surface area contributed by atoms with Gasteiger partial charge in [-0.15, -0.1) is 5.10 Å². The number of rotatable bonds is 8. The molecule has 3 heterocycles. The van der Waals surface area contributed by atoms with Crippen LogP contribution in [0.3, 0.4) is 0 Å².